The Morgan fingerprint density at radius 2 is 1.96 bits per heavy atom. The lowest BCUT2D eigenvalue weighted by Gasteiger charge is -2.24. The van der Waals surface area contributed by atoms with E-state index in [1.807, 2.05) is 0 Å². The van der Waals surface area contributed by atoms with Crippen molar-refractivity contribution in [2.75, 3.05) is 31.1 Å². The number of aliphatic hydroxyl groups is 1. The van der Waals surface area contributed by atoms with Crippen molar-refractivity contribution >= 4 is 5.69 Å². The van der Waals surface area contributed by atoms with Crippen LogP contribution in [0.15, 0.2) is 48.2 Å². The van der Waals surface area contributed by atoms with Gasteiger partial charge in [0.25, 0.3) is 0 Å². The summed E-state index contributed by atoms with van der Waals surface area (Å²) in [6.45, 7) is 5.76. The molecule has 2 atom stereocenters. The number of unbranched alkanes of at least 4 members (excludes halogenated alkanes) is 2. The van der Waals surface area contributed by atoms with Crippen LogP contribution in [0, 0.1) is 5.92 Å². The van der Waals surface area contributed by atoms with Gasteiger partial charge in [0.15, 0.2) is 0 Å². The van der Waals surface area contributed by atoms with Gasteiger partial charge >= 0.3 is 0 Å². The fourth-order valence-corrected chi connectivity index (χ4v) is 4.08. The van der Waals surface area contributed by atoms with Crippen LogP contribution < -0.4 is 10.2 Å². The molecule has 0 saturated heterocycles. The summed E-state index contributed by atoms with van der Waals surface area (Å²) >= 11 is 0. The molecule has 1 heterocycles. The second-order valence-electron chi connectivity index (χ2n) is 7.76. The zero-order chi connectivity index (χ0) is 18.2. The van der Waals surface area contributed by atoms with Gasteiger partial charge in [-0.15, -0.1) is 0 Å². The standard InChI is InChI=1S/C23H34N2O/c1-19(18-26)10-6-7-15-24-16-8-9-17-25-22-13-4-2-11-20(22)21-12-3-5-14-23(21)25/h2-5,11,13-14,19,21,24,26H,6-10,12,15-18H2,1H3. The molecular weight excluding hydrogens is 320 g/mol. The van der Waals surface area contributed by atoms with Crippen molar-refractivity contribution in [2.24, 2.45) is 5.92 Å². The Bertz CT molecular complexity index is 622. The van der Waals surface area contributed by atoms with Gasteiger partial charge in [-0.2, -0.15) is 0 Å². The number of hydrogen-bond acceptors (Lipinski definition) is 3. The van der Waals surface area contributed by atoms with Gasteiger partial charge in [0, 0.05) is 30.5 Å². The van der Waals surface area contributed by atoms with Crippen LogP contribution >= 0.6 is 0 Å². The van der Waals surface area contributed by atoms with Crippen molar-refractivity contribution in [3.8, 4) is 0 Å². The van der Waals surface area contributed by atoms with Crippen LogP contribution in [0.4, 0.5) is 5.69 Å². The Labute approximate surface area is 158 Å². The van der Waals surface area contributed by atoms with E-state index in [0.29, 0.717) is 18.4 Å². The number of anilines is 1. The molecule has 2 unspecified atom stereocenters. The number of nitrogens with zero attached hydrogens (tertiary/aromatic N) is 1. The van der Waals surface area contributed by atoms with E-state index in [-0.39, 0.29) is 0 Å². The molecule has 1 aliphatic heterocycles. The third-order valence-electron chi connectivity index (χ3n) is 5.64. The summed E-state index contributed by atoms with van der Waals surface area (Å²) in [5, 5.41) is 12.6. The summed E-state index contributed by atoms with van der Waals surface area (Å²) < 4.78 is 0. The van der Waals surface area contributed by atoms with Crippen LogP contribution in [0.2, 0.25) is 0 Å². The number of para-hydroxylation sites is 1. The number of aliphatic hydroxyl groups excluding tert-OH is 1. The number of fused-ring (bicyclic) bond motifs is 3. The summed E-state index contributed by atoms with van der Waals surface area (Å²) in [4.78, 5) is 2.54. The van der Waals surface area contributed by atoms with Gasteiger partial charge < -0.3 is 15.3 Å². The van der Waals surface area contributed by atoms with Gasteiger partial charge in [0.05, 0.1) is 0 Å². The predicted octanol–water partition coefficient (Wildman–Crippen LogP) is 4.60. The second-order valence-corrected chi connectivity index (χ2v) is 7.76. The number of rotatable bonds is 11. The van der Waals surface area contributed by atoms with Gasteiger partial charge in [0.2, 0.25) is 0 Å². The van der Waals surface area contributed by atoms with Crippen LogP contribution in [-0.2, 0) is 0 Å². The molecule has 2 aliphatic rings. The lowest BCUT2D eigenvalue weighted by molar-refractivity contribution is 0.227. The highest BCUT2D eigenvalue weighted by Gasteiger charge is 2.32. The molecule has 0 radical (unpaired) electrons. The maximum atomic E-state index is 9.03. The van der Waals surface area contributed by atoms with E-state index in [1.165, 1.54) is 42.6 Å². The van der Waals surface area contributed by atoms with Crippen molar-refractivity contribution in [1.82, 2.24) is 5.32 Å². The van der Waals surface area contributed by atoms with Crippen molar-refractivity contribution in [1.29, 1.82) is 0 Å². The lowest BCUT2D eigenvalue weighted by atomic mass is 9.92. The van der Waals surface area contributed by atoms with Gasteiger partial charge in [-0.3, -0.25) is 0 Å². The van der Waals surface area contributed by atoms with E-state index < -0.39 is 0 Å². The van der Waals surface area contributed by atoms with Crippen LogP contribution in [0.5, 0.6) is 0 Å². The first-order valence-electron chi connectivity index (χ1n) is 10.4. The molecule has 0 saturated carbocycles. The topological polar surface area (TPSA) is 35.5 Å². The molecule has 142 valence electrons. The van der Waals surface area contributed by atoms with E-state index in [9.17, 15) is 0 Å². The molecule has 3 nitrogen and oxygen atoms in total. The number of nitrogens with one attached hydrogen (secondary N) is 1. The first-order chi connectivity index (χ1) is 12.8. The third-order valence-corrected chi connectivity index (χ3v) is 5.64. The van der Waals surface area contributed by atoms with Crippen molar-refractivity contribution in [2.45, 2.75) is 51.4 Å². The average Bonchev–Trinajstić information content (AvgIpc) is 3.00. The minimum Gasteiger partial charge on any atom is -0.396 e. The van der Waals surface area contributed by atoms with Gasteiger partial charge in [-0.1, -0.05) is 43.7 Å². The van der Waals surface area contributed by atoms with E-state index in [2.05, 4.69) is 59.6 Å². The second kappa shape index (κ2) is 9.94. The van der Waals surface area contributed by atoms with E-state index in [4.69, 9.17) is 5.11 Å². The molecule has 1 aliphatic carbocycles. The number of benzene rings is 1. The quantitative estimate of drug-likeness (QED) is 0.570. The van der Waals surface area contributed by atoms with Gasteiger partial charge in [-0.05, 0) is 68.8 Å². The zero-order valence-corrected chi connectivity index (χ0v) is 16.2. The highest BCUT2D eigenvalue weighted by atomic mass is 16.3. The lowest BCUT2D eigenvalue weighted by Crippen LogP contribution is -2.23. The van der Waals surface area contributed by atoms with Crippen LogP contribution in [0.3, 0.4) is 0 Å². The average molecular weight is 355 g/mol. The van der Waals surface area contributed by atoms with Crippen LogP contribution in [-0.4, -0.2) is 31.3 Å². The molecule has 1 aromatic rings. The Morgan fingerprint density at radius 1 is 1.15 bits per heavy atom. The molecule has 0 fully saturated rings. The molecule has 0 bridgehead atoms. The van der Waals surface area contributed by atoms with Gasteiger partial charge in [0.1, 0.15) is 0 Å². The zero-order valence-electron chi connectivity index (χ0n) is 16.2. The van der Waals surface area contributed by atoms with Crippen molar-refractivity contribution in [3.63, 3.8) is 0 Å². The molecule has 1 aromatic carbocycles. The van der Waals surface area contributed by atoms with E-state index in [0.717, 1.165) is 32.5 Å². The van der Waals surface area contributed by atoms with Crippen molar-refractivity contribution < 1.29 is 5.11 Å². The molecule has 3 rings (SSSR count). The first-order valence-corrected chi connectivity index (χ1v) is 10.4. The summed E-state index contributed by atoms with van der Waals surface area (Å²) in [5.74, 6) is 1.02. The highest BCUT2D eigenvalue weighted by molar-refractivity contribution is 5.69. The number of hydrogen-bond donors (Lipinski definition) is 2. The minimum absolute atomic E-state index is 0.320. The first kappa shape index (κ1) is 19.2. The maximum Gasteiger partial charge on any atom is 0.0456 e. The highest BCUT2D eigenvalue weighted by Crippen LogP contribution is 2.46. The fraction of sp³-hybridized carbons (Fsp3) is 0.565. The molecule has 0 aromatic heterocycles. The van der Waals surface area contributed by atoms with E-state index in [1.54, 1.807) is 0 Å². The summed E-state index contributed by atoms with van der Waals surface area (Å²) in [5.41, 5.74) is 4.40. The summed E-state index contributed by atoms with van der Waals surface area (Å²) in [7, 11) is 0. The van der Waals surface area contributed by atoms with Crippen LogP contribution in [0.1, 0.15) is 56.9 Å². The maximum absolute atomic E-state index is 9.03. The monoisotopic (exact) mass is 354 g/mol. The molecule has 0 amide bonds. The molecule has 3 heteroatoms. The molecule has 26 heavy (non-hydrogen) atoms. The Hall–Kier alpha value is -1.58. The summed E-state index contributed by atoms with van der Waals surface area (Å²) in [6, 6.07) is 8.91. The Balaban J connectivity index is 1.36. The van der Waals surface area contributed by atoms with Gasteiger partial charge in [-0.25, -0.2) is 0 Å². The Kier molecular flexibility index (Phi) is 7.33. The predicted molar refractivity (Wildman–Crippen MR) is 111 cm³/mol. The molecule has 0 spiro atoms. The third kappa shape index (κ3) is 4.77. The fourth-order valence-electron chi connectivity index (χ4n) is 4.08. The largest absolute Gasteiger partial charge is 0.396 e. The normalized spacial score (nSPS) is 19.2. The molecule has 2 N–H and O–H groups in total. The van der Waals surface area contributed by atoms with Crippen LogP contribution in [0.25, 0.3) is 0 Å². The summed E-state index contributed by atoms with van der Waals surface area (Å²) in [6.07, 6.45) is 13.9. The van der Waals surface area contributed by atoms with E-state index >= 15 is 0 Å². The minimum atomic E-state index is 0.320. The van der Waals surface area contributed by atoms with Crippen molar-refractivity contribution in [3.05, 3.63) is 53.8 Å². The Morgan fingerprint density at radius 3 is 2.81 bits per heavy atom. The SMILES string of the molecule is CC(CO)CCCCNCCCCN1C2=CC=CCC2c2ccccc21. The smallest absolute Gasteiger partial charge is 0.0456 e. The number of allylic oxidation sites excluding steroid dienone is 4. The molecular formula is C23H34N2O.